The van der Waals surface area contributed by atoms with Gasteiger partial charge in [0, 0.05) is 0 Å². The largest absolute Gasteiger partial charge is 0.0683 e. The summed E-state index contributed by atoms with van der Waals surface area (Å²) in [4.78, 5) is 0. The topological polar surface area (TPSA) is 0 Å². The second-order valence-corrected chi connectivity index (χ2v) is 38.0. The monoisotopic (exact) mass is 1740 g/mol. The van der Waals surface area contributed by atoms with Gasteiger partial charge in [0.15, 0.2) is 0 Å². The van der Waals surface area contributed by atoms with Crippen molar-refractivity contribution in [1.82, 2.24) is 0 Å². The Bertz CT molecular complexity index is 6290. The molecule has 18 aromatic carbocycles. The van der Waals surface area contributed by atoms with Crippen molar-refractivity contribution in [2.75, 3.05) is 0 Å². The smallest absolute Gasteiger partial charge is 0.0102 e. The van der Waals surface area contributed by atoms with Gasteiger partial charge in [-0.3, -0.25) is 0 Å². The lowest BCUT2D eigenvalue weighted by atomic mass is 9.79. The third-order valence-corrected chi connectivity index (χ3v) is 22.8. The van der Waals surface area contributed by atoms with E-state index in [-0.39, 0.29) is 32.5 Å². The quantitative estimate of drug-likeness (QED) is 0.156. The van der Waals surface area contributed by atoms with Crippen molar-refractivity contribution in [1.29, 1.82) is 0 Å². The first-order chi connectivity index (χ1) is 63.4. The van der Waals surface area contributed by atoms with Crippen LogP contribution in [0, 0.1) is 0 Å². The van der Waals surface area contributed by atoms with Crippen LogP contribution in [0.5, 0.6) is 0 Å². The Morgan fingerprint density at radius 3 is 0.818 bits per heavy atom. The van der Waals surface area contributed by atoms with Crippen LogP contribution in [0.3, 0.4) is 0 Å². The average Bonchev–Trinajstić information content (AvgIpc) is 0.740. The summed E-state index contributed by atoms with van der Waals surface area (Å²) in [6.45, 7) is 65.0. The zero-order valence-electron chi connectivity index (χ0n) is 86.1. The lowest BCUT2D eigenvalue weighted by Crippen LogP contribution is -2.13. The van der Waals surface area contributed by atoms with Crippen LogP contribution >= 0.6 is 0 Å². The van der Waals surface area contributed by atoms with Crippen LogP contribution in [0.25, 0.3) is 131 Å². The standard InChI is InChI=1S/6C20H20.6C2H6/c1-20(2,3)19-14-8-12-17-16(11-7-13-18(17)19)15-9-5-4-6-10-15;1-20(2,3)19-14-17(15-9-5-4-6-10-15)13-16-11-7-8-12-18(16)19;1-20(2,3)19-14-13-16(15-9-5-4-6-10-15)17-11-7-8-12-18(17)19;1-20(2,3)19-17-12-8-7-11-16(17)13-14-18(19)15-9-5-4-6-10-15;1-20(2,3)19-11-7-10-17-14-16(12-13-18(17)19)15-8-5-4-6-9-15;1-20(2,3)19-11-7-10-16-12-13-17(14-18(16)19)15-8-5-4-6-9-15;6*1-2/h6*4-14H,1-3H3;6*1-2H3. The number of benzene rings is 18. The third kappa shape index (κ3) is 28.5. The molecule has 0 aromatic heterocycles. The van der Waals surface area contributed by atoms with Crippen molar-refractivity contribution in [2.24, 2.45) is 0 Å². The normalized spacial score (nSPS) is 11.0. The minimum Gasteiger partial charge on any atom is -0.0683 e. The predicted octanol–water partition coefficient (Wildman–Crippen LogP) is 41.0. The molecule has 0 saturated carbocycles. The maximum Gasteiger partial charge on any atom is -0.0102 e. The maximum atomic E-state index is 2.34. The average molecular weight is 1740 g/mol. The van der Waals surface area contributed by atoms with E-state index in [0.29, 0.717) is 0 Å². The summed E-state index contributed by atoms with van der Waals surface area (Å²) in [6.07, 6.45) is 0. The summed E-state index contributed by atoms with van der Waals surface area (Å²) >= 11 is 0. The van der Waals surface area contributed by atoms with Gasteiger partial charge in [-0.05, 0) is 222 Å². The molecular formula is C132H156. The van der Waals surface area contributed by atoms with E-state index in [1.807, 2.05) is 83.1 Å². The Labute approximate surface area is 799 Å². The first-order valence-electron chi connectivity index (χ1n) is 48.9. The Kier molecular flexibility index (Phi) is 41.0. The first kappa shape index (κ1) is 107. The van der Waals surface area contributed by atoms with Crippen LogP contribution in [-0.2, 0) is 32.5 Å². The van der Waals surface area contributed by atoms with Gasteiger partial charge in [-0.25, -0.2) is 0 Å². The van der Waals surface area contributed by atoms with Gasteiger partial charge in [-0.1, -0.05) is 584 Å². The van der Waals surface area contributed by atoms with Crippen molar-refractivity contribution in [2.45, 2.75) is 240 Å². The minimum atomic E-state index is 0.117. The fourth-order valence-corrected chi connectivity index (χ4v) is 16.8. The molecule has 0 amide bonds. The fraction of sp³-hybridized carbons (Fsp3) is 0.273. The molecule has 0 spiro atoms. The second-order valence-electron chi connectivity index (χ2n) is 38.0. The van der Waals surface area contributed by atoms with Gasteiger partial charge in [0.2, 0.25) is 0 Å². The van der Waals surface area contributed by atoms with E-state index in [2.05, 4.69) is 525 Å². The highest BCUT2D eigenvalue weighted by molar-refractivity contribution is 6.01. The summed E-state index contributed by atoms with van der Waals surface area (Å²) in [7, 11) is 0. The second kappa shape index (κ2) is 50.8. The molecule has 0 saturated heterocycles. The van der Waals surface area contributed by atoms with Gasteiger partial charge in [0.1, 0.15) is 0 Å². The van der Waals surface area contributed by atoms with Crippen molar-refractivity contribution < 1.29 is 0 Å². The van der Waals surface area contributed by atoms with E-state index < -0.39 is 0 Å². The summed E-state index contributed by atoms with van der Waals surface area (Å²) in [5.41, 5.74) is 24.9. The van der Waals surface area contributed by atoms with Crippen molar-refractivity contribution in [3.63, 3.8) is 0 Å². The zero-order chi connectivity index (χ0) is 97.0. The molecule has 0 aliphatic heterocycles. The maximum absolute atomic E-state index is 2.34. The fourth-order valence-electron chi connectivity index (χ4n) is 16.8. The molecular weight excluding hydrogens is 1590 g/mol. The number of rotatable bonds is 6. The summed E-state index contributed by atoms with van der Waals surface area (Å²) in [5, 5.41) is 16.1. The van der Waals surface area contributed by atoms with Gasteiger partial charge < -0.3 is 0 Å². The summed E-state index contributed by atoms with van der Waals surface area (Å²) < 4.78 is 0. The van der Waals surface area contributed by atoms with Crippen LogP contribution in [0.4, 0.5) is 0 Å². The molecule has 0 heteroatoms. The molecule has 0 fully saturated rings. The lowest BCUT2D eigenvalue weighted by molar-refractivity contribution is 0.595. The molecule has 18 aromatic rings. The molecule has 0 radical (unpaired) electrons. The number of fused-ring (bicyclic) bond motifs is 6. The molecule has 18 rings (SSSR count). The van der Waals surface area contributed by atoms with Crippen LogP contribution in [0.2, 0.25) is 0 Å². The van der Waals surface area contributed by atoms with Gasteiger partial charge in [-0.2, -0.15) is 0 Å². The van der Waals surface area contributed by atoms with E-state index in [1.165, 1.54) is 165 Å². The van der Waals surface area contributed by atoms with Crippen molar-refractivity contribution in [3.05, 3.63) is 434 Å². The van der Waals surface area contributed by atoms with E-state index in [4.69, 9.17) is 0 Å². The Morgan fingerprint density at radius 2 is 0.379 bits per heavy atom. The zero-order valence-corrected chi connectivity index (χ0v) is 86.1. The molecule has 0 atom stereocenters. The molecule has 0 bridgehead atoms. The van der Waals surface area contributed by atoms with Gasteiger partial charge in [0.05, 0.1) is 0 Å². The molecule has 0 aliphatic carbocycles. The molecule has 684 valence electrons. The van der Waals surface area contributed by atoms with Crippen LogP contribution in [0.15, 0.2) is 400 Å². The van der Waals surface area contributed by atoms with Gasteiger partial charge in [0.25, 0.3) is 0 Å². The first-order valence-corrected chi connectivity index (χ1v) is 48.9. The van der Waals surface area contributed by atoms with E-state index >= 15 is 0 Å². The highest BCUT2D eigenvalue weighted by Crippen LogP contribution is 2.43. The van der Waals surface area contributed by atoms with Crippen LogP contribution in [0.1, 0.15) is 241 Å². The Morgan fingerprint density at radius 1 is 0.121 bits per heavy atom. The molecule has 0 aliphatic rings. The SMILES string of the molecule is CC.CC.CC.CC.CC.CC.CC(C)(C)c1c(-c2ccccc2)ccc2ccccc12.CC(C)(C)c1cc(-c2ccccc2)cc2ccccc12.CC(C)(C)c1ccc(-c2ccccc2)c2ccccc12.CC(C)(C)c1cccc2c(-c3ccccc3)cccc12.CC(C)(C)c1cccc2cc(-c3ccccc3)ccc12.CC(C)(C)c1cccc2ccc(-c3ccccc3)cc12. The third-order valence-electron chi connectivity index (χ3n) is 22.8. The van der Waals surface area contributed by atoms with Crippen molar-refractivity contribution in [3.8, 4) is 66.8 Å². The summed E-state index contributed by atoms with van der Waals surface area (Å²) in [5.74, 6) is 0. The van der Waals surface area contributed by atoms with Crippen LogP contribution in [-0.4, -0.2) is 0 Å². The summed E-state index contributed by atoms with van der Waals surface area (Å²) in [6, 6.07) is 143. The van der Waals surface area contributed by atoms with Crippen LogP contribution < -0.4 is 0 Å². The molecule has 0 N–H and O–H groups in total. The molecule has 0 unspecified atom stereocenters. The van der Waals surface area contributed by atoms with E-state index in [1.54, 1.807) is 0 Å². The van der Waals surface area contributed by atoms with E-state index in [9.17, 15) is 0 Å². The van der Waals surface area contributed by atoms with Gasteiger partial charge >= 0.3 is 0 Å². The number of hydrogen-bond donors (Lipinski definition) is 0. The minimum absolute atomic E-state index is 0.117. The highest BCUT2D eigenvalue weighted by Gasteiger charge is 2.25. The number of hydrogen-bond acceptors (Lipinski definition) is 0. The Hall–Kier alpha value is -12.5. The molecule has 132 heavy (non-hydrogen) atoms. The highest BCUT2D eigenvalue weighted by atomic mass is 14.3. The molecule has 0 nitrogen and oxygen atoms in total. The van der Waals surface area contributed by atoms with E-state index in [0.717, 1.165) is 0 Å². The van der Waals surface area contributed by atoms with Gasteiger partial charge in [-0.15, -0.1) is 0 Å². The lowest BCUT2D eigenvalue weighted by Gasteiger charge is -2.25. The predicted molar refractivity (Wildman–Crippen MR) is 597 cm³/mol. The van der Waals surface area contributed by atoms with Crippen molar-refractivity contribution >= 4 is 64.6 Å². The molecule has 0 heterocycles. The Balaban J connectivity index is 0.000000211.